The van der Waals surface area contributed by atoms with E-state index in [0.29, 0.717) is 45.8 Å². The molecule has 0 fully saturated rings. The van der Waals surface area contributed by atoms with E-state index in [2.05, 4.69) is 5.32 Å². The monoisotopic (exact) mass is 375 g/mol. The molecule has 8 heteroatoms. The summed E-state index contributed by atoms with van der Waals surface area (Å²) < 4.78 is 10.1. The molecule has 0 heterocycles. The standard InChI is InChI=1S/C10H21NO5.V.Y/c12-4-1-2-10(14)11-3-6-15-8-9-16-7-5-13;;/h12-13H,1-9H2,(H,11,14);;. The molecule has 2 radical (unpaired) electrons. The molecule has 0 bridgehead atoms. The zero-order chi connectivity index (χ0) is 12.1. The van der Waals surface area contributed by atoms with Crippen LogP contribution < -0.4 is 5.32 Å². The third kappa shape index (κ3) is 19.3. The van der Waals surface area contributed by atoms with Gasteiger partial charge in [0.25, 0.3) is 0 Å². The van der Waals surface area contributed by atoms with Crippen molar-refractivity contribution in [2.75, 3.05) is 46.2 Å². The molecule has 18 heavy (non-hydrogen) atoms. The van der Waals surface area contributed by atoms with Crippen LogP contribution in [0.2, 0.25) is 0 Å². The first-order valence-corrected chi connectivity index (χ1v) is 5.45. The van der Waals surface area contributed by atoms with Crippen molar-refractivity contribution >= 4 is 5.91 Å². The number of rotatable bonds is 11. The molecule has 0 atom stereocenters. The molecular weight excluding hydrogens is 354 g/mol. The number of nitrogens with one attached hydrogen (secondary N) is 1. The van der Waals surface area contributed by atoms with Gasteiger partial charge in [-0.2, -0.15) is 0 Å². The van der Waals surface area contributed by atoms with Crippen LogP contribution in [0.1, 0.15) is 12.8 Å². The Labute approximate surface area is 145 Å². The fraction of sp³-hybridized carbons (Fsp3) is 0.900. The third-order valence-electron chi connectivity index (χ3n) is 1.74. The molecule has 0 saturated carbocycles. The van der Waals surface area contributed by atoms with E-state index in [1.54, 1.807) is 0 Å². The molecule has 0 rings (SSSR count). The van der Waals surface area contributed by atoms with Crippen molar-refractivity contribution in [3.8, 4) is 0 Å². The summed E-state index contributed by atoms with van der Waals surface area (Å²) in [6, 6.07) is 0. The van der Waals surface area contributed by atoms with E-state index < -0.39 is 0 Å². The van der Waals surface area contributed by atoms with Crippen LogP contribution in [0.3, 0.4) is 0 Å². The molecule has 0 aliphatic heterocycles. The van der Waals surface area contributed by atoms with Gasteiger partial charge in [0.2, 0.25) is 5.91 Å². The fourth-order valence-corrected chi connectivity index (χ4v) is 0.977. The van der Waals surface area contributed by atoms with Gasteiger partial charge in [-0.25, -0.2) is 0 Å². The van der Waals surface area contributed by atoms with Gasteiger partial charge < -0.3 is 25.0 Å². The van der Waals surface area contributed by atoms with E-state index in [4.69, 9.17) is 19.7 Å². The predicted octanol–water partition coefficient (Wildman–Crippen LogP) is -1.10. The molecule has 1 amide bonds. The number of ether oxygens (including phenoxy) is 2. The molecular formula is C10H21NO5VY. The van der Waals surface area contributed by atoms with Gasteiger partial charge in [0.05, 0.1) is 33.0 Å². The first kappa shape index (κ1) is 24.0. The Morgan fingerprint density at radius 3 is 2.17 bits per heavy atom. The van der Waals surface area contributed by atoms with E-state index in [-0.39, 0.29) is 70.4 Å². The van der Waals surface area contributed by atoms with Crippen molar-refractivity contribution < 1.29 is 75.7 Å². The second kappa shape index (κ2) is 20.3. The van der Waals surface area contributed by atoms with Gasteiger partial charge >= 0.3 is 0 Å². The fourth-order valence-electron chi connectivity index (χ4n) is 0.977. The summed E-state index contributed by atoms with van der Waals surface area (Å²) in [4.78, 5) is 11.0. The Balaban J connectivity index is -0.00000112. The van der Waals surface area contributed by atoms with Gasteiger partial charge in [-0.15, -0.1) is 0 Å². The van der Waals surface area contributed by atoms with Crippen LogP contribution in [0.4, 0.5) is 0 Å². The normalized spacial score (nSPS) is 9.22. The molecule has 0 unspecified atom stereocenters. The number of carbonyl (C=O) groups excluding carboxylic acids is 1. The van der Waals surface area contributed by atoms with Gasteiger partial charge in [-0.1, -0.05) is 0 Å². The molecule has 0 aliphatic rings. The second-order valence-corrected chi connectivity index (χ2v) is 3.13. The van der Waals surface area contributed by atoms with E-state index >= 15 is 0 Å². The van der Waals surface area contributed by atoms with Crippen LogP contribution in [0.5, 0.6) is 0 Å². The summed E-state index contributed by atoms with van der Waals surface area (Å²) in [7, 11) is 0. The second-order valence-electron chi connectivity index (χ2n) is 3.13. The molecule has 0 saturated heterocycles. The summed E-state index contributed by atoms with van der Waals surface area (Å²) in [5.74, 6) is -0.0748. The van der Waals surface area contributed by atoms with Crippen molar-refractivity contribution in [1.29, 1.82) is 0 Å². The molecule has 0 spiro atoms. The van der Waals surface area contributed by atoms with Crippen LogP contribution in [0.25, 0.3) is 0 Å². The number of hydrogen-bond acceptors (Lipinski definition) is 5. The van der Waals surface area contributed by atoms with E-state index in [0.717, 1.165) is 0 Å². The molecule has 3 N–H and O–H groups in total. The number of hydrogen-bond donors (Lipinski definition) is 3. The Morgan fingerprint density at radius 2 is 1.61 bits per heavy atom. The number of aliphatic hydroxyl groups excluding tert-OH is 2. The minimum absolute atomic E-state index is 0. The smallest absolute Gasteiger partial charge is 0.220 e. The minimum Gasteiger partial charge on any atom is -0.396 e. The van der Waals surface area contributed by atoms with Crippen LogP contribution >= 0.6 is 0 Å². The van der Waals surface area contributed by atoms with Crippen LogP contribution in [0.15, 0.2) is 0 Å². The van der Waals surface area contributed by atoms with Crippen molar-refractivity contribution in [3.05, 3.63) is 0 Å². The zero-order valence-electron chi connectivity index (χ0n) is 10.5. The van der Waals surface area contributed by atoms with Crippen molar-refractivity contribution in [2.45, 2.75) is 12.8 Å². The SMILES string of the molecule is O=C(CCCO)NCCOCCOCCO.[V].[Y]. The van der Waals surface area contributed by atoms with Gasteiger partial charge in [0, 0.05) is 70.8 Å². The van der Waals surface area contributed by atoms with E-state index in [1.807, 2.05) is 0 Å². The van der Waals surface area contributed by atoms with Gasteiger partial charge in [-0.05, 0) is 6.42 Å². The minimum atomic E-state index is -0.0748. The van der Waals surface area contributed by atoms with Gasteiger partial charge in [0.15, 0.2) is 0 Å². The summed E-state index contributed by atoms with van der Waals surface area (Å²) in [6.07, 6.45) is 0.831. The molecule has 0 aliphatic carbocycles. The maximum absolute atomic E-state index is 11.0. The Hall–Kier alpha value is 0.998. The third-order valence-corrected chi connectivity index (χ3v) is 1.74. The van der Waals surface area contributed by atoms with Gasteiger partial charge in [-0.3, -0.25) is 4.79 Å². The quantitative estimate of drug-likeness (QED) is 0.399. The van der Waals surface area contributed by atoms with Crippen molar-refractivity contribution in [2.24, 2.45) is 0 Å². The Morgan fingerprint density at radius 1 is 1.00 bits per heavy atom. The van der Waals surface area contributed by atoms with Crippen LogP contribution in [-0.4, -0.2) is 62.3 Å². The maximum Gasteiger partial charge on any atom is 0.220 e. The Bertz CT molecular complexity index is 176. The van der Waals surface area contributed by atoms with E-state index in [9.17, 15) is 4.79 Å². The maximum atomic E-state index is 11.0. The molecule has 0 aromatic carbocycles. The summed E-state index contributed by atoms with van der Waals surface area (Å²) in [6.45, 7) is 2.16. The summed E-state index contributed by atoms with van der Waals surface area (Å²) in [5.41, 5.74) is 0. The molecule has 0 aromatic rings. The number of carbonyl (C=O) groups is 1. The first-order valence-electron chi connectivity index (χ1n) is 5.45. The van der Waals surface area contributed by atoms with Crippen molar-refractivity contribution in [1.82, 2.24) is 5.32 Å². The van der Waals surface area contributed by atoms with E-state index in [1.165, 1.54) is 0 Å². The van der Waals surface area contributed by atoms with Crippen molar-refractivity contribution in [3.63, 3.8) is 0 Å². The van der Waals surface area contributed by atoms with Crippen LogP contribution in [0, 0.1) is 0 Å². The average Bonchev–Trinajstić information content (AvgIpc) is 2.30. The zero-order valence-corrected chi connectivity index (χ0v) is 14.7. The molecule has 104 valence electrons. The largest absolute Gasteiger partial charge is 0.396 e. The predicted molar refractivity (Wildman–Crippen MR) is 58.1 cm³/mol. The average molecular weight is 375 g/mol. The Kier molecular flexibility index (Phi) is 27.1. The first-order chi connectivity index (χ1) is 7.81. The van der Waals surface area contributed by atoms with Crippen LogP contribution in [-0.2, 0) is 65.5 Å². The van der Waals surface area contributed by atoms with Gasteiger partial charge in [0.1, 0.15) is 0 Å². The molecule has 6 nitrogen and oxygen atoms in total. The summed E-state index contributed by atoms with van der Waals surface area (Å²) >= 11 is 0. The number of amides is 1. The number of aliphatic hydroxyl groups is 2. The molecule has 0 aromatic heterocycles. The topological polar surface area (TPSA) is 88.0 Å². The summed E-state index contributed by atoms with van der Waals surface area (Å²) in [5, 5.41) is 19.6.